The monoisotopic (exact) mass is 324 g/mol. The molecule has 0 saturated heterocycles. The molecule has 1 aromatic carbocycles. The standard InChI is InChI=1S/C15H17FN2O3S/c1-15(21-2,13-7-3-4-8-14(13)16)11-18-22(19,20)12-6-5-9-17-10-12/h3-10,18H,11H2,1-2H3/t15-/m1/s1. The first kappa shape index (κ1) is 16.5. The molecular weight excluding hydrogens is 307 g/mol. The van der Waals surface area contributed by atoms with Crippen LogP contribution in [0, 0.1) is 5.82 Å². The van der Waals surface area contributed by atoms with Gasteiger partial charge in [0.05, 0.1) is 0 Å². The second-order valence-corrected chi connectivity index (χ2v) is 6.70. The van der Waals surface area contributed by atoms with Crippen LogP contribution in [0.5, 0.6) is 0 Å². The van der Waals surface area contributed by atoms with Crippen molar-refractivity contribution < 1.29 is 17.5 Å². The molecule has 2 aromatic rings. The van der Waals surface area contributed by atoms with Crippen molar-refractivity contribution >= 4 is 10.0 Å². The van der Waals surface area contributed by atoms with Crippen molar-refractivity contribution in [3.8, 4) is 0 Å². The Kier molecular flexibility index (Phi) is 4.90. The van der Waals surface area contributed by atoms with Gasteiger partial charge in [0, 0.05) is 31.6 Å². The number of ether oxygens (including phenoxy) is 1. The van der Waals surface area contributed by atoms with E-state index < -0.39 is 21.4 Å². The van der Waals surface area contributed by atoms with E-state index in [1.165, 1.54) is 37.7 Å². The number of hydrogen-bond donors (Lipinski definition) is 1. The molecule has 118 valence electrons. The molecule has 5 nitrogen and oxygen atoms in total. The first-order valence-corrected chi connectivity index (χ1v) is 8.07. The Hall–Kier alpha value is -1.83. The summed E-state index contributed by atoms with van der Waals surface area (Å²) >= 11 is 0. The molecule has 0 fully saturated rings. The Labute approximate surface area is 129 Å². The third kappa shape index (κ3) is 3.49. The van der Waals surface area contributed by atoms with Gasteiger partial charge < -0.3 is 4.74 Å². The van der Waals surface area contributed by atoms with Crippen LogP contribution in [-0.4, -0.2) is 27.1 Å². The lowest BCUT2D eigenvalue weighted by Gasteiger charge is -2.29. The fraction of sp³-hybridized carbons (Fsp3) is 0.267. The van der Waals surface area contributed by atoms with E-state index in [0.29, 0.717) is 0 Å². The van der Waals surface area contributed by atoms with Crippen LogP contribution in [-0.2, 0) is 20.4 Å². The van der Waals surface area contributed by atoms with Gasteiger partial charge in [0.1, 0.15) is 16.3 Å². The molecule has 0 aliphatic heterocycles. The number of methoxy groups -OCH3 is 1. The molecular formula is C15H17FN2O3S. The fourth-order valence-corrected chi connectivity index (χ4v) is 3.08. The maximum absolute atomic E-state index is 13.9. The molecule has 0 unspecified atom stereocenters. The highest BCUT2D eigenvalue weighted by Crippen LogP contribution is 2.26. The van der Waals surface area contributed by atoms with Gasteiger partial charge in [-0.15, -0.1) is 0 Å². The summed E-state index contributed by atoms with van der Waals surface area (Å²) in [5, 5.41) is 0. The van der Waals surface area contributed by atoms with Crippen molar-refractivity contribution in [1.82, 2.24) is 9.71 Å². The highest BCUT2D eigenvalue weighted by atomic mass is 32.2. The zero-order valence-corrected chi connectivity index (χ0v) is 13.1. The Morgan fingerprint density at radius 2 is 2.00 bits per heavy atom. The van der Waals surface area contributed by atoms with Crippen molar-refractivity contribution in [3.05, 3.63) is 60.2 Å². The zero-order chi connectivity index (χ0) is 16.2. The number of aromatic nitrogens is 1. The number of benzene rings is 1. The van der Waals surface area contributed by atoms with Gasteiger partial charge in [0.2, 0.25) is 10.0 Å². The average Bonchev–Trinajstić information content (AvgIpc) is 2.54. The maximum Gasteiger partial charge on any atom is 0.242 e. The average molecular weight is 324 g/mol. The first-order valence-electron chi connectivity index (χ1n) is 6.59. The summed E-state index contributed by atoms with van der Waals surface area (Å²) in [5.41, 5.74) is -0.841. The highest BCUT2D eigenvalue weighted by Gasteiger charge is 2.31. The van der Waals surface area contributed by atoms with Crippen LogP contribution >= 0.6 is 0 Å². The molecule has 0 aliphatic carbocycles. The van der Waals surface area contributed by atoms with Crippen LogP contribution in [0.1, 0.15) is 12.5 Å². The molecule has 0 spiro atoms. The Balaban J connectivity index is 2.23. The molecule has 22 heavy (non-hydrogen) atoms. The van der Waals surface area contributed by atoms with Crippen LogP contribution in [0.3, 0.4) is 0 Å². The van der Waals surface area contributed by atoms with Gasteiger partial charge in [-0.05, 0) is 25.1 Å². The lowest BCUT2D eigenvalue weighted by molar-refractivity contribution is 0.00410. The van der Waals surface area contributed by atoms with Gasteiger partial charge in [-0.3, -0.25) is 4.98 Å². The predicted octanol–water partition coefficient (Wildman–Crippen LogP) is 2.06. The van der Waals surface area contributed by atoms with Gasteiger partial charge in [-0.2, -0.15) is 0 Å². The quantitative estimate of drug-likeness (QED) is 0.883. The molecule has 0 saturated carbocycles. The number of pyridine rings is 1. The second-order valence-electron chi connectivity index (χ2n) is 4.93. The first-order chi connectivity index (χ1) is 10.4. The Bertz CT molecular complexity index is 737. The number of nitrogens with zero attached hydrogens (tertiary/aromatic N) is 1. The van der Waals surface area contributed by atoms with E-state index in [4.69, 9.17) is 4.74 Å². The summed E-state index contributed by atoms with van der Waals surface area (Å²) in [4.78, 5) is 3.82. The van der Waals surface area contributed by atoms with Crippen molar-refractivity contribution in [2.24, 2.45) is 0 Å². The third-order valence-electron chi connectivity index (χ3n) is 3.44. The zero-order valence-electron chi connectivity index (χ0n) is 12.3. The van der Waals surface area contributed by atoms with Crippen molar-refractivity contribution in [1.29, 1.82) is 0 Å². The summed E-state index contributed by atoms with van der Waals surface area (Å²) in [5.74, 6) is -0.451. The maximum atomic E-state index is 13.9. The van der Waals surface area contributed by atoms with Crippen molar-refractivity contribution in [3.63, 3.8) is 0 Å². The van der Waals surface area contributed by atoms with E-state index in [9.17, 15) is 12.8 Å². The molecule has 0 amide bonds. The summed E-state index contributed by atoms with van der Waals surface area (Å²) in [6, 6.07) is 9.07. The Morgan fingerprint density at radius 3 is 2.59 bits per heavy atom. The summed E-state index contributed by atoms with van der Waals surface area (Å²) in [6.07, 6.45) is 2.73. The smallest absolute Gasteiger partial charge is 0.242 e. The number of sulfonamides is 1. The number of hydrogen-bond acceptors (Lipinski definition) is 4. The van der Waals surface area contributed by atoms with Gasteiger partial charge in [0.15, 0.2) is 0 Å². The summed E-state index contributed by atoms with van der Waals surface area (Å²) in [6.45, 7) is 1.51. The molecule has 1 heterocycles. The molecule has 0 bridgehead atoms. The van der Waals surface area contributed by atoms with Crippen LogP contribution in [0.25, 0.3) is 0 Å². The fourth-order valence-electron chi connectivity index (χ4n) is 1.99. The highest BCUT2D eigenvalue weighted by molar-refractivity contribution is 7.89. The Morgan fingerprint density at radius 1 is 1.27 bits per heavy atom. The minimum atomic E-state index is -3.74. The van der Waals surface area contributed by atoms with E-state index in [-0.39, 0.29) is 17.0 Å². The third-order valence-corrected chi connectivity index (χ3v) is 4.82. The summed E-state index contributed by atoms with van der Waals surface area (Å²) in [7, 11) is -2.33. The van der Waals surface area contributed by atoms with E-state index in [0.717, 1.165) is 0 Å². The molecule has 1 aromatic heterocycles. The number of nitrogens with one attached hydrogen (secondary N) is 1. The molecule has 0 radical (unpaired) electrons. The lowest BCUT2D eigenvalue weighted by atomic mass is 9.95. The number of rotatable bonds is 6. The predicted molar refractivity (Wildman–Crippen MR) is 80.2 cm³/mol. The minimum Gasteiger partial charge on any atom is -0.372 e. The molecule has 1 N–H and O–H groups in total. The molecule has 0 aliphatic rings. The van der Waals surface area contributed by atoms with E-state index in [1.54, 1.807) is 25.1 Å². The number of halogens is 1. The van der Waals surface area contributed by atoms with Crippen molar-refractivity contribution in [2.45, 2.75) is 17.4 Å². The molecule has 2 rings (SSSR count). The van der Waals surface area contributed by atoms with Crippen molar-refractivity contribution in [2.75, 3.05) is 13.7 Å². The van der Waals surface area contributed by atoms with Gasteiger partial charge in [-0.25, -0.2) is 17.5 Å². The van der Waals surface area contributed by atoms with Crippen LogP contribution < -0.4 is 4.72 Å². The molecule has 1 atom stereocenters. The molecule has 7 heteroatoms. The summed E-state index contributed by atoms with van der Waals surface area (Å²) < 4.78 is 46.2. The largest absolute Gasteiger partial charge is 0.372 e. The van der Waals surface area contributed by atoms with Crippen LogP contribution in [0.4, 0.5) is 4.39 Å². The van der Waals surface area contributed by atoms with Crippen LogP contribution in [0.2, 0.25) is 0 Å². The van der Waals surface area contributed by atoms with Gasteiger partial charge in [0.25, 0.3) is 0 Å². The topological polar surface area (TPSA) is 68.3 Å². The lowest BCUT2D eigenvalue weighted by Crippen LogP contribution is -2.40. The van der Waals surface area contributed by atoms with Crippen LogP contribution in [0.15, 0.2) is 53.7 Å². The van der Waals surface area contributed by atoms with Gasteiger partial charge in [-0.1, -0.05) is 18.2 Å². The SMILES string of the molecule is CO[C@](C)(CNS(=O)(=O)c1cccnc1)c1ccccc1F. The van der Waals surface area contributed by atoms with E-state index >= 15 is 0 Å². The van der Waals surface area contributed by atoms with Gasteiger partial charge >= 0.3 is 0 Å². The minimum absolute atomic E-state index is 0.0435. The second kappa shape index (κ2) is 6.51. The normalized spacial score (nSPS) is 14.5. The van der Waals surface area contributed by atoms with E-state index in [1.807, 2.05) is 0 Å². The van der Waals surface area contributed by atoms with E-state index in [2.05, 4.69) is 9.71 Å².